The molecule has 2 N–H and O–H groups in total. The zero-order valence-corrected chi connectivity index (χ0v) is 15.0. The van der Waals surface area contributed by atoms with E-state index in [0.717, 1.165) is 29.5 Å². The first-order chi connectivity index (χ1) is 12.7. The third kappa shape index (κ3) is 4.48. The molecule has 0 unspecified atom stereocenters. The molecular weight excluding hydrogens is 328 g/mol. The lowest BCUT2D eigenvalue weighted by Crippen LogP contribution is -2.46. The lowest BCUT2D eigenvalue weighted by atomic mass is 9.74. The highest BCUT2D eigenvalue weighted by Gasteiger charge is 2.39. The summed E-state index contributed by atoms with van der Waals surface area (Å²) in [6.45, 7) is 1.81. The highest BCUT2D eigenvalue weighted by molar-refractivity contribution is 5.83. The van der Waals surface area contributed by atoms with Crippen molar-refractivity contribution in [3.05, 3.63) is 54.4 Å². The van der Waals surface area contributed by atoms with E-state index >= 15 is 0 Å². The Morgan fingerprint density at radius 1 is 1.19 bits per heavy atom. The first-order valence-corrected chi connectivity index (χ1v) is 9.20. The number of carbonyl (C=O) groups is 1. The summed E-state index contributed by atoms with van der Waals surface area (Å²) in [5.74, 6) is 0.0704. The van der Waals surface area contributed by atoms with Gasteiger partial charge >= 0.3 is 0 Å². The number of amides is 1. The normalized spacial score (nSPS) is 16.2. The topological polar surface area (TPSA) is 71.5 Å². The van der Waals surface area contributed by atoms with Gasteiger partial charge in [0.2, 0.25) is 5.91 Å². The number of aliphatic hydroxyl groups excluding tert-OH is 1. The quantitative estimate of drug-likeness (QED) is 0.750. The Morgan fingerprint density at radius 3 is 2.73 bits per heavy atom. The molecule has 0 saturated carbocycles. The molecule has 0 spiro atoms. The van der Waals surface area contributed by atoms with Gasteiger partial charge in [0.1, 0.15) is 0 Å². The molecule has 0 radical (unpaired) electrons. The van der Waals surface area contributed by atoms with Crippen LogP contribution in [0.4, 0.5) is 0 Å². The van der Waals surface area contributed by atoms with Crippen molar-refractivity contribution in [2.24, 2.45) is 5.41 Å². The van der Waals surface area contributed by atoms with Crippen LogP contribution in [0.3, 0.4) is 0 Å². The Bertz CT molecular complexity index is 712. The van der Waals surface area contributed by atoms with Gasteiger partial charge in [-0.15, -0.1) is 0 Å². The zero-order chi connectivity index (χ0) is 18.2. The SMILES string of the molecule is O=C(NCCCO)C1(Cc2cccc(-c3cccnc3)c2)CCOCC1. The van der Waals surface area contributed by atoms with E-state index in [-0.39, 0.29) is 12.5 Å². The average Bonchev–Trinajstić information content (AvgIpc) is 2.70. The minimum atomic E-state index is -0.443. The largest absolute Gasteiger partial charge is 0.396 e. The molecule has 0 aliphatic carbocycles. The molecular formula is C21H26N2O3. The molecule has 1 aromatic heterocycles. The van der Waals surface area contributed by atoms with Crippen LogP contribution in [0.1, 0.15) is 24.8 Å². The maximum Gasteiger partial charge on any atom is 0.226 e. The highest BCUT2D eigenvalue weighted by Crippen LogP contribution is 2.35. The van der Waals surface area contributed by atoms with Crippen molar-refractivity contribution < 1.29 is 14.6 Å². The number of hydrogen-bond donors (Lipinski definition) is 2. The molecule has 1 amide bonds. The summed E-state index contributed by atoms with van der Waals surface area (Å²) in [5.41, 5.74) is 2.88. The summed E-state index contributed by atoms with van der Waals surface area (Å²) in [6, 6.07) is 12.3. The molecule has 2 aromatic rings. The highest BCUT2D eigenvalue weighted by atomic mass is 16.5. The minimum Gasteiger partial charge on any atom is -0.396 e. The number of nitrogens with one attached hydrogen (secondary N) is 1. The molecule has 5 nitrogen and oxygen atoms in total. The van der Waals surface area contributed by atoms with Crippen LogP contribution in [0.25, 0.3) is 11.1 Å². The second kappa shape index (κ2) is 8.92. The molecule has 1 fully saturated rings. The van der Waals surface area contributed by atoms with E-state index in [2.05, 4.69) is 28.5 Å². The number of ether oxygens (including phenoxy) is 1. The molecule has 1 saturated heterocycles. The molecule has 5 heteroatoms. The van der Waals surface area contributed by atoms with Crippen molar-refractivity contribution in [1.29, 1.82) is 0 Å². The first kappa shape index (κ1) is 18.5. The molecule has 2 heterocycles. The third-order valence-corrected chi connectivity index (χ3v) is 5.02. The number of carbonyl (C=O) groups excluding carboxylic acids is 1. The summed E-state index contributed by atoms with van der Waals surface area (Å²) in [6.07, 6.45) is 6.32. The average molecular weight is 354 g/mol. The number of nitrogens with zero attached hydrogens (tertiary/aromatic N) is 1. The zero-order valence-electron chi connectivity index (χ0n) is 15.0. The molecule has 1 aliphatic heterocycles. The lowest BCUT2D eigenvalue weighted by Gasteiger charge is -2.36. The van der Waals surface area contributed by atoms with Crippen LogP contribution in [0.5, 0.6) is 0 Å². The van der Waals surface area contributed by atoms with E-state index in [9.17, 15) is 4.79 Å². The van der Waals surface area contributed by atoms with Gasteiger partial charge in [0.05, 0.1) is 5.41 Å². The predicted octanol–water partition coefficient (Wildman–Crippen LogP) is 2.59. The van der Waals surface area contributed by atoms with Crippen LogP contribution in [-0.2, 0) is 16.0 Å². The minimum absolute atomic E-state index is 0.0704. The Morgan fingerprint density at radius 2 is 2.00 bits per heavy atom. The van der Waals surface area contributed by atoms with Gasteiger partial charge in [-0.3, -0.25) is 9.78 Å². The number of rotatable bonds is 7. The number of aliphatic hydroxyl groups is 1. The molecule has 3 rings (SSSR count). The van der Waals surface area contributed by atoms with E-state index in [0.29, 0.717) is 32.6 Å². The van der Waals surface area contributed by atoms with Crippen molar-refractivity contribution in [1.82, 2.24) is 10.3 Å². The van der Waals surface area contributed by atoms with Crippen molar-refractivity contribution >= 4 is 5.91 Å². The summed E-state index contributed by atoms with van der Waals surface area (Å²) < 4.78 is 5.50. The fourth-order valence-electron chi connectivity index (χ4n) is 3.50. The van der Waals surface area contributed by atoms with Crippen LogP contribution in [0.2, 0.25) is 0 Å². The van der Waals surface area contributed by atoms with Crippen LogP contribution in [0.15, 0.2) is 48.8 Å². The molecule has 138 valence electrons. The predicted molar refractivity (Wildman–Crippen MR) is 101 cm³/mol. The fraction of sp³-hybridized carbons (Fsp3) is 0.429. The van der Waals surface area contributed by atoms with Crippen molar-refractivity contribution in [2.45, 2.75) is 25.7 Å². The van der Waals surface area contributed by atoms with Crippen molar-refractivity contribution in [3.8, 4) is 11.1 Å². The summed E-state index contributed by atoms with van der Waals surface area (Å²) in [4.78, 5) is 17.1. The third-order valence-electron chi connectivity index (χ3n) is 5.02. The van der Waals surface area contributed by atoms with E-state index < -0.39 is 5.41 Å². The van der Waals surface area contributed by atoms with Gasteiger partial charge in [-0.05, 0) is 48.4 Å². The summed E-state index contributed by atoms with van der Waals surface area (Å²) in [5, 5.41) is 11.9. The Balaban J connectivity index is 1.80. The van der Waals surface area contributed by atoms with E-state index in [4.69, 9.17) is 9.84 Å². The number of benzene rings is 1. The summed E-state index contributed by atoms with van der Waals surface area (Å²) >= 11 is 0. The van der Waals surface area contributed by atoms with Crippen LogP contribution in [0, 0.1) is 5.41 Å². The van der Waals surface area contributed by atoms with E-state index in [1.54, 1.807) is 6.20 Å². The van der Waals surface area contributed by atoms with Crippen LogP contribution < -0.4 is 5.32 Å². The molecule has 0 atom stereocenters. The van der Waals surface area contributed by atoms with Crippen LogP contribution in [-0.4, -0.2) is 42.4 Å². The molecule has 26 heavy (non-hydrogen) atoms. The molecule has 1 aromatic carbocycles. The van der Waals surface area contributed by atoms with Crippen molar-refractivity contribution in [2.75, 3.05) is 26.4 Å². The lowest BCUT2D eigenvalue weighted by molar-refractivity contribution is -0.136. The van der Waals surface area contributed by atoms with E-state index in [1.807, 2.05) is 24.4 Å². The Kier molecular flexibility index (Phi) is 6.36. The Hall–Kier alpha value is -2.24. The fourth-order valence-corrected chi connectivity index (χ4v) is 3.50. The molecule has 1 aliphatic rings. The van der Waals surface area contributed by atoms with Gasteiger partial charge in [0.25, 0.3) is 0 Å². The first-order valence-electron chi connectivity index (χ1n) is 9.20. The van der Waals surface area contributed by atoms with Gasteiger partial charge in [-0.2, -0.15) is 0 Å². The second-order valence-electron chi connectivity index (χ2n) is 6.84. The summed E-state index contributed by atoms with van der Waals surface area (Å²) in [7, 11) is 0. The smallest absolute Gasteiger partial charge is 0.226 e. The monoisotopic (exact) mass is 354 g/mol. The standard InChI is InChI=1S/C21H26N2O3/c24-11-3-10-23-20(25)21(7-12-26-13-8-21)15-17-4-1-5-18(14-17)19-6-2-9-22-16-19/h1-2,4-6,9,14,16,24H,3,7-8,10-13,15H2,(H,23,25). The molecule has 0 bridgehead atoms. The van der Waals surface area contributed by atoms with Gasteiger partial charge in [0.15, 0.2) is 0 Å². The van der Waals surface area contributed by atoms with Crippen LogP contribution >= 0.6 is 0 Å². The van der Waals surface area contributed by atoms with Gasteiger partial charge in [0, 0.05) is 38.8 Å². The Labute approximate surface area is 154 Å². The van der Waals surface area contributed by atoms with Crippen molar-refractivity contribution in [3.63, 3.8) is 0 Å². The van der Waals surface area contributed by atoms with Gasteiger partial charge in [-0.1, -0.05) is 30.3 Å². The van der Waals surface area contributed by atoms with E-state index in [1.165, 1.54) is 0 Å². The maximum absolute atomic E-state index is 12.9. The number of aromatic nitrogens is 1. The number of pyridine rings is 1. The number of hydrogen-bond acceptors (Lipinski definition) is 4. The van der Waals surface area contributed by atoms with Gasteiger partial charge < -0.3 is 15.2 Å². The second-order valence-corrected chi connectivity index (χ2v) is 6.84. The maximum atomic E-state index is 12.9. The van der Waals surface area contributed by atoms with Gasteiger partial charge in [-0.25, -0.2) is 0 Å².